The Hall–Kier alpha value is -4.01. The molecule has 0 radical (unpaired) electrons. The largest absolute Gasteiger partial charge is 0.486 e. The Morgan fingerprint density at radius 3 is 2.61 bits per heavy atom. The second-order valence-electron chi connectivity index (χ2n) is 7.89. The van der Waals surface area contributed by atoms with Crippen molar-refractivity contribution in [3.8, 4) is 22.7 Å². The van der Waals surface area contributed by atoms with Gasteiger partial charge >= 0.3 is 0 Å². The van der Waals surface area contributed by atoms with Crippen molar-refractivity contribution in [3.63, 3.8) is 0 Å². The first-order valence-corrected chi connectivity index (χ1v) is 11.7. The number of nitrogen functional groups attached to an aromatic ring is 1. The quantitative estimate of drug-likeness (QED) is 0.213. The maximum absolute atomic E-state index is 15.0. The lowest BCUT2D eigenvalue weighted by Gasteiger charge is -2.09. The second-order valence-corrected chi connectivity index (χ2v) is 8.59. The van der Waals surface area contributed by atoms with Crippen molar-refractivity contribution in [2.75, 3.05) is 11.6 Å². The molecule has 2 heterocycles. The van der Waals surface area contributed by atoms with Crippen LogP contribution in [0.3, 0.4) is 0 Å². The van der Waals surface area contributed by atoms with Gasteiger partial charge in [-0.15, -0.1) is 11.6 Å². The number of Topliss-reactive ketones (excluding diaryl/α,β-unsaturated/α-hetero) is 1. The maximum atomic E-state index is 15.0. The molecule has 0 saturated carbocycles. The minimum atomic E-state index is -0.561. The number of alkyl halides is 1. The van der Waals surface area contributed by atoms with Gasteiger partial charge in [-0.3, -0.25) is 4.79 Å². The number of hydrogen-bond donors (Lipinski definition) is 1. The first-order valence-electron chi connectivity index (χ1n) is 10.8. The summed E-state index contributed by atoms with van der Waals surface area (Å²) < 4.78 is 22.2. The lowest BCUT2D eigenvalue weighted by atomic mass is 10.1. The summed E-state index contributed by atoms with van der Waals surface area (Å²) in [6.07, 6.45) is 1.32. The minimum absolute atomic E-state index is 0.0916. The molecule has 0 aliphatic heterocycles. The summed E-state index contributed by atoms with van der Waals surface area (Å²) in [5, 5.41) is 5.73. The summed E-state index contributed by atoms with van der Waals surface area (Å²) in [5.41, 5.74) is 9.30. The van der Waals surface area contributed by atoms with Gasteiger partial charge in [-0.05, 0) is 48.0 Å². The number of nitrogens with zero attached hydrogens (tertiary/aromatic N) is 4. The molecular weight excluding hydrogens is 504 g/mol. The number of hydrogen-bond acceptors (Lipinski definition) is 6. The molecule has 0 saturated heterocycles. The molecule has 5 rings (SSSR count). The number of fused-ring (bicyclic) bond motifs is 1. The minimum Gasteiger partial charge on any atom is -0.486 e. The van der Waals surface area contributed by atoms with Crippen LogP contribution in [0.15, 0.2) is 73.1 Å². The van der Waals surface area contributed by atoms with Crippen LogP contribution in [0.1, 0.15) is 15.9 Å². The van der Waals surface area contributed by atoms with Crippen molar-refractivity contribution in [1.29, 1.82) is 0 Å². The summed E-state index contributed by atoms with van der Waals surface area (Å²) in [5.74, 6) is -0.642. The molecule has 0 aliphatic carbocycles. The fraction of sp³-hybridized carbons (Fsp3) is 0.0769. The summed E-state index contributed by atoms with van der Waals surface area (Å²) in [7, 11) is 0. The highest BCUT2D eigenvalue weighted by molar-refractivity contribution is 6.30. The Bertz CT molecular complexity index is 1590. The van der Waals surface area contributed by atoms with E-state index in [4.69, 9.17) is 33.7 Å². The van der Waals surface area contributed by atoms with E-state index in [1.54, 1.807) is 42.5 Å². The van der Waals surface area contributed by atoms with E-state index in [1.165, 1.54) is 23.1 Å². The first kappa shape index (κ1) is 23.7. The van der Waals surface area contributed by atoms with Crippen molar-refractivity contribution in [3.05, 3.63) is 95.0 Å². The number of nitrogens with two attached hydrogens (primary N) is 1. The number of ketones is 1. The number of halogens is 3. The average molecular weight is 522 g/mol. The summed E-state index contributed by atoms with van der Waals surface area (Å²) >= 11 is 11.6. The van der Waals surface area contributed by atoms with Crippen LogP contribution in [0, 0.1) is 5.82 Å². The first-order chi connectivity index (χ1) is 17.4. The lowest BCUT2D eigenvalue weighted by Crippen LogP contribution is -2.04. The standard InChI is InChI=1S/C26H18Cl2FN5O2/c27-12-21(35)16-2-1-3-19(10-16)34-26-23(25(30)31-14-32-26)24(33-34)17-6-9-22(20(29)11-17)36-13-15-4-7-18(28)8-5-15/h1-11,14H,12-13H2,(H2,30,31,32). The van der Waals surface area contributed by atoms with Crippen LogP contribution in [0.2, 0.25) is 5.02 Å². The Morgan fingerprint density at radius 1 is 1.06 bits per heavy atom. The number of rotatable bonds is 7. The molecule has 0 unspecified atom stereocenters. The van der Waals surface area contributed by atoms with E-state index in [0.717, 1.165) is 5.56 Å². The molecule has 5 aromatic rings. The van der Waals surface area contributed by atoms with Crippen molar-refractivity contribution in [1.82, 2.24) is 19.7 Å². The van der Waals surface area contributed by atoms with Gasteiger partial charge in [0.1, 0.15) is 24.4 Å². The summed E-state index contributed by atoms with van der Waals surface area (Å²) in [6, 6.07) is 18.5. The van der Waals surface area contributed by atoms with Gasteiger partial charge in [0.05, 0.1) is 17.0 Å². The van der Waals surface area contributed by atoms with Crippen LogP contribution in [-0.4, -0.2) is 31.4 Å². The fourth-order valence-electron chi connectivity index (χ4n) is 3.75. The number of carbonyl (C=O) groups excluding carboxylic acids is 1. The zero-order chi connectivity index (χ0) is 25.2. The van der Waals surface area contributed by atoms with Gasteiger partial charge in [-0.1, -0.05) is 35.9 Å². The van der Waals surface area contributed by atoms with Crippen molar-refractivity contribution >= 4 is 45.8 Å². The number of ether oxygens (including phenoxy) is 1. The Kier molecular flexibility index (Phi) is 6.54. The molecule has 0 bridgehead atoms. The van der Waals surface area contributed by atoms with Gasteiger partial charge < -0.3 is 10.5 Å². The van der Waals surface area contributed by atoms with Gasteiger partial charge in [0.15, 0.2) is 23.0 Å². The Balaban J connectivity index is 1.53. The Labute approximate surface area is 215 Å². The topological polar surface area (TPSA) is 95.9 Å². The normalized spacial score (nSPS) is 11.1. The van der Waals surface area contributed by atoms with Crippen molar-refractivity contribution in [2.24, 2.45) is 0 Å². The third-order valence-electron chi connectivity index (χ3n) is 5.54. The predicted molar refractivity (Wildman–Crippen MR) is 137 cm³/mol. The smallest absolute Gasteiger partial charge is 0.177 e. The van der Waals surface area contributed by atoms with Crippen LogP contribution >= 0.6 is 23.2 Å². The molecule has 0 atom stereocenters. The molecule has 7 nitrogen and oxygen atoms in total. The average Bonchev–Trinajstić information content (AvgIpc) is 3.29. The van der Waals surface area contributed by atoms with E-state index in [0.29, 0.717) is 38.6 Å². The molecule has 3 aromatic carbocycles. The van der Waals surface area contributed by atoms with Crippen LogP contribution < -0.4 is 10.5 Å². The van der Waals surface area contributed by atoms with Gasteiger partial charge in [-0.2, -0.15) is 5.10 Å². The van der Waals surface area contributed by atoms with E-state index in [-0.39, 0.29) is 29.8 Å². The summed E-state index contributed by atoms with van der Waals surface area (Å²) in [4.78, 5) is 20.5. The number of anilines is 1. The van der Waals surface area contributed by atoms with Crippen molar-refractivity contribution < 1.29 is 13.9 Å². The molecule has 180 valence electrons. The highest BCUT2D eigenvalue weighted by Gasteiger charge is 2.20. The van der Waals surface area contributed by atoms with Crippen molar-refractivity contribution in [2.45, 2.75) is 6.61 Å². The molecule has 10 heteroatoms. The molecule has 0 amide bonds. The zero-order valence-electron chi connectivity index (χ0n) is 18.7. The van der Waals surface area contributed by atoms with Crippen LogP contribution in [0.5, 0.6) is 5.75 Å². The predicted octanol–water partition coefficient (Wildman–Crippen LogP) is 5.86. The molecular formula is C26H18Cl2FN5O2. The van der Waals surface area contributed by atoms with E-state index in [1.807, 2.05) is 12.1 Å². The molecule has 0 aliphatic rings. The van der Waals surface area contributed by atoms with Crippen LogP contribution in [-0.2, 0) is 6.61 Å². The third kappa shape index (κ3) is 4.60. The molecule has 0 spiro atoms. The van der Waals surface area contributed by atoms with Gasteiger partial charge in [-0.25, -0.2) is 19.0 Å². The van der Waals surface area contributed by atoms with E-state index in [9.17, 15) is 4.79 Å². The Morgan fingerprint density at radius 2 is 1.86 bits per heavy atom. The SMILES string of the molecule is Nc1ncnc2c1c(-c1ccc(OCc3ccc(Cl)cc3)c(F)c1)nn2-c1cccc(C(=O)CCl)c1. The van der Waals surface area contributed by atoms with Crippen LogP contribution in [0.4, 0.5) is 10.2 Å². The molecule has 36 heavy (non-hydrogen) atoms. The van der Waals surface area contributed by atoms with E-state index >= 15 is 4.39 Å². The van der Waals surface area contributed by atoms with E-state index in [2.05, 4.69) is 15.1 Å². The highest BCUT2D eigenvalue weighted by Crippen LogP contribution is 2.34. The molecule has 0 fully saturated rings. The molecule has 2 aromatic heterocycles. The fourth-order valence-corrected chi connectivity index (χ4v) is 4.03. The summed E-state index contributed by atoms with van der Waals surface area (Å²) in [6.45, 7) is 0.184. The van der Waals surface area contributed by atoms with Gasteiger partial charge in [0, 0.05) is 16.1 Å². The number of aromatic nitrogens is 4. The van der Waals surface area contributed by atoms with Gasteiger partial charge in [0.2, 0.25) is 0 Å². The molecule has 2 N–H and O–H groups in total. The van der Waals surface area contributed by atoms with Gasteiger partial charge in [0.25, 0.3) is 0 Å². The maximum Gasteiger partial charge on any atom is 0.177 e. The highest BCUT2D eigenvalue weighted by atomic mass is 35.5. The third-order valence-corrected chi connectivity index (χ3v) is 6.04. The van der Waals surface area contributed by atoms with E-state index < -0.39 is 5.82 Å². The van der Waals surface area contributed by atoms with Crippen LogP contribution in [0.25, 0.3) is 28.0 Å². The second kappa shape index (κ2) is 9.93. The number of benzene rings is 3. The monoisotopic (exact) mass is 521 g/mol. The lowest BCUT2D eigenvalue weighted by molar-refractivity contribution is 0.102. The zero-order valence-corrected chi connectivity index (χ0v) is 20.2. The number of carbonyl (C=O) groups is 1.